The Morgan fingerprint density at radius 1 is 1.03 bits per heavy atom. The molecule has 0 saturated heterocycles. The van der Waals surface area contributed by atoms with Crippen LogP contribution in [0.25, 0.3) is 16.9 Å². The summed E-state index contributed by atoms with van der Waals surface area (Å²) in [5, 5.41) is 0.155. The van der Waals surface area contributed by atoms with Crippen molar-refractivity contribution in [3.05, 3.63) is 62.8 Å². The highest BCUT2D eigenvalue weighted by molar-refractivity contribution is 6.32. The number of fused-ring (bicyclic) bond motifs is 1. The number of aromatic amines is 1. The molecule has 0 unspecified atom stereocenters. The molecule has 4 rings (SSSR count). The Balaban J connectivity index is 1.84. The second-order valence-electron chi connectivity index (χ2n) is 7.25. The minimum absolute atomic E-state index is 0.112. The lowest BCUT2D eigenvalue weighted by atomic mass is 10.2. The predicted molar refractivity (Wildman–Crippen MR) is 124 cm³/mol. The molecule has 0 fully saturated rings. The first-order chi connectivity index (χ1) is 16.8. The van der Waals surface area contributed by atoms with Gasteiger partial charge in [0.2, 0.25) is 5.88 Å². The second-order valence-corrected chi connectivity index (χ2v) is 7.66. The van der Waals surface area contributed by atoms with E-state index in [4.69, 9.17) is 30.5 Å². The monoisotopic (exact) mass is 506 g/mol. The number of hydrogen-bond acceptors (Lipinski definition) is 7. The van der Waals surface area contributed by atoms with Crippen LogP contribution in [0.15, 0.2) is 29.1 Å². The minimum atomic E-state index is -1.10. The molecule has 0 aliphatic heterocycles. The molecule has 2 aromatic heterocycles. The van der Waals surface area contributed by atoms with Crippen molar-refractivity contribution in [3.8, 4) is 28.8 Å². The molecule has 184 valence electrons. The van der Waals surface area contributed by atoms with Crippen LogP contribution in [0.3, 0.4) is 0 Å². The highest BCUT2D eigenvalue weighted by atomic mass is 35.5. The number of rotatable bonds is 8. The molecule has 0 atom stereocenters. The Morgan fingerprint density at radius 2 is 1.77 bits per heavy atom. The van der Waals surface area contributed by atoms with Crippen molar-refractivity contribution in [2.24, 2.45) is 0 Å². The zero-order chi connectivity index (χ0) is 25.3. The van der Waals surface area contributed by atoms with Crippen molar-refractivity contribution >= 4 is 22.8 Å². The molecule has 0 amide bonds. The van der Waals surface area contributed by atoms with Crippen LogP contribution in [0.4, 0.5) is 8.78 Å². The summed E-state index contributed by atoms with van der Waals surface area (Å²) < 4.78 is 51.0. The molecule has 2 heterocycles. The quantitative estimate of drug-likeness (QED) is 0.382. The van der Waals surface area contributed by atoms with Crippen molar-refractivity contribution in [3.63, 3.8) is 0 Å². The lowest BCUT2D eigenvalue weighted by molar-refractivity contribution is 0.270. The number of hydrogen-bond donors (Lipinski definition) is 1. The van der Waals surface area contributed by atoms with E-state index in [0.717, 1.165) is 6.07 Å². The number of H-pyrrole nitrogens is 1. The van der Waals surface area contributed by atoms with Crippen LogP contribution >= 0.6 is 11.6 Å². The van der Waals surface area contributed by atoms with Crippen LogP contribution in [-0.2, 0) is 13.0 Å². The van der Waals surface area contributed by atoms with Crippen LogP contribution in [-0.4, -0.2) is 40.8 Å². The number of ether oxygens (including phenoxy) is 4. The van der Waals surface area contributed by atoms with E-state index in [1.54, 1.807) is 0 Å². The van der Waals surface area contributed by atoms with Gasteiger partial charge in [0.05, 0.1) is 37.6 Å². The summed E-state index contributed by atoms with van der Waals surface area (Å²) in [5.74, 6) is -1.03. The van der Waals surface area contributed by atoms with E-state index < -0.39 is 17.3 Å². The molecule has 0 saturated carbocycles. The fraction of sp³-hybridized carbons (Fsp3) is 0.261. The summed E-state index contributed by atoms with van der Waals surface area (Å²) in [5.41, 5.74) is 0.0791. The van der Waals surface area contributed by atoms with Crippen LogP contribution in [0.5, 0.6) is 23.1 Å². The summed E-state index contributed by atoms with van der Waals surface area (Å²) in [7, 11) is 4.16. The first kappa shape index (κ1) is 24.3. The smallest absolute Gasteiger partial charge is 0.332 e. The number of nitrogens with one attached hydrogen (secondary N) is 1. The number of halogens is 3. The molecular formula is C23H21ClF2N4O5. The molecule has 0 bridgehead atoms. The number of benzene rings is 2. The Hall–Kier alpha value is -3.86. The first-order valence-electron chi connectivity index (χ1n) is 10.4. The van der Waals surface area contributed by atoms with Gasteiger partial charge in [-0.3, -0.25) is 4.98 Å². The highest BCUT2D eigenvalue weighted by Gasteiger charge is 2.22. The molecule has 9 nitrogen and oxygen atoms in total. The largest absolute Gasteiger partial charge is 0.496 e. The molecular weight excluding hydrogens is 486 g/mol. The second kappa shape index (κ2) is 9.79. The standard InChI is InChI=1S/C23H21ClF2N4O5/c1-5-18-27-21-20(22(28-18)34-4)29-23(31)30(21)14-9-17(16(33-3)8-12(14)24)35-10-11-15(32-2)7-6-13(25)19(11)26/h6-9H,5,10H2,1-4H3,(H,29,31). The number of imidazole rings is 1. The molecule has 0 spiro atoms. The Labute approximate surface area is 203 Å². The van der Waals surface area contributed by atoms with Gasteiger partial charge in [0.1, 0.15) is 23.7 Å². The van der Waals surface area contributed by atoms with Crippen molar-refractivity contribution in [1.29, 1.82) is 0 Å². The lowest BCUT2D eigenvalue weighted by Crippen LogP contribution is -2.16. The normalized spacial score (nSPS) is 11.1. The third-order valence-electron chi connectivity index (χ3n) is 5.28. The number of methoxy groups -OCH3 is 3. The third-order valence-corrected chi connectivity index (χ3v) is 5.58. The Kier molecular flexibility index (Phi) is 6.79. The maximum absolute atomic E-state index is 14.4. The fourth-order valence-electron chi connectivity index (χ4n) is 3.55. The lowest BCUT2D eigenvalue weighted by Gasteiger charge is -2.16. The van der Waals surface area contributed by atoms with Crippen LogP contribution in [0.1, 0.15) is 18.3 Å². The summed E-state index contributed by atoms with van der Waals surface area (Å²) in [6.07, 6.45) is 0.497. The zero-order valence-corrected chi connectivity index (χ0v) is 20.0. The number of aromatic nitrogens is 4. The minimum Gasteiger partial charge on any atom is -0.496 e. The van der Waals surface area contributed by atoms with Gasteiger partial charge in [-0.2, -0.15) is 4.98 Å². The average molecular weight is 507 g/mol. The number of aryl methyl sites for hydroxylation is 1. The van der Waals surface area contributed by atoms with Crippen molar-refractivity contribution < 1.29 is 27.7 Å². The molecule has 0 aliphatic carbocycles. The molecule has 12 heteroatoms. The molecule has 0 aliphatic rings. The fourth-order valence-corrected chi connectivity index (χ4v) is 3.79. The van der Waals surface area contributed by atoms with E-state index >= 15 is 0 Å². The van der Waals surface area contributed by atoms with Gasteiger partial charge in [-0.1, -0.05) is 18.5 Å². The van der Waals surface area contributed by atoms with Gasteiger partial charge in [0, 0.05) is 18.6 Å². The molecule has 35 heavy (non-hydrogen) atoms. The van der Waals surface area contributed by atoms with Gasteiger partial charge in [-0.25, -0.2) is 23.1 Å². The highest BCUT2D eigenvalue weighted by Crippen LogP contribution is 2.37. The van der Waals surface area contributed by atoms with Gasteiger partial charge < -0.3 is 18.9 Å². The average Bonchev–Trinajstić information content (AvgIpc) is 3.19. The summed E-state index contributed by atoms with van der Waals surface area (Å²) in [6.45, 7) is 1.48. The molecule has 2 aromatic carbocycles. The summed E-state index contributed by atoms with van der Waals surface area (Å²) in [6, 6.07) is 5.14. The van der Waals surface area contributed by atoms with Crippen molar-refractivity contribution in [2.75, 3.05) is 21.3 Å². The van der Waals surface area contributed by atoms with Crippen molar-refractivity contribution in [2.45, 2.75) is 20.0 Å². The number of nitrogens with zero attached hydrogens (tertiary/aromatic N) is 3. The molecule has 4 aromatic rings. The van der Waals surface area contributed by atoms with Gasteiger partial charge in [0.25, 0.3) is 0 Å². The van der Waals surface area contributed by atoms with Gasteiger partial charge in [-0.05, 0) is 12.1 Å². The first-order valence-corrected chi connectivity index (χ1v) is 10.8. The van der Waals surface area contributed by atoms with Gasteiger partial charge in [-0.15, -0.1) is 0 Å². The molecule has 0 radical (unpaired) electrons. The van der Waals surface area contributed by atoms with E-state index in [2.05, 4.69) is 15.0 Å². The maximum atomic E-state index is 14.4. The predicted octanol–water partition coefficient (Wildman–Crippen LogP) is 4.21. The van der Waals surface area contributed by atoms with Crippen LogP contribution in [0.2, 0.25) is 5.02 Å². The Morgan fingerprint density at radius 3 is 2.43 bits per heavy atom. The van der Waals surface area contributed by atoms with E-state index in [9.17, 15) is 13.6 Å². The van der Waals surface area contributed by atoms with Crippen LogP contribution < -0.4 is 24.6 Å². The maximum Gasteiger partial charge on any atom is 0.332 e. The summed E-state index contributed by atoms with van der Waals surface area (Å²) >= 11 is 6.49. The topological polar surface area (TPSA) is 100 Å². The summed E-state index contributed by atoms with van der Waals surface area (Å²) in [4.78, 5) is 24.3. The Bertz CT molecular complexity index is 1470. The van der Waals surface area contributed by atoms with E-state index in [1.165, 1.54) is 44.1 Å². The van der Waals surface area contributed by atoms with E-state index in [1.807, 2.05) is 6.92 Å². The van der Waals surface area contributed by atoms with E-state index in [0.29, 0.717) is 12.2 Å². The van der Waals surface area contributed by atoms with Gasteiger partial charge in [0.15, 0.2) is 28.8 Å². The van der Waals surface area contributed by atoms with Crippen LogP contribution in [0, 0.1) is 11.6 Å². The third kappa shape index (κ3) is 4.34. The SMILES string of the molecule is CCc1nc(OC)c2[nH]c(=O)n(-c3cc(OCc4c(OC)ccc(F)c4F)c(OC)cc3Cl)c2n1. The molecule has 1 N–H and O–H groups in total. The van der Waals surface area contributed by atoms with Gasteiger partial charge >= 0.3 is 5.69 Å². The van der Waals surface area contributed by atoms with E-state index in [-0.39, 0.29) is 57.2 Å². The van der Waals surface area contributed by atoms with Crippen molar-refractivity contribution in [1.82, 2.24) is 19.5 Å². The zero-order valence-electron chi connectivity index (χ0n) is 19.2.